The van der Waals surface area contributed by atoms with Crippen LogP contribution in [0, 0.1) is 0 Å². The molecule has 150 valence electrons. The van der Waals surface area contributed by atoms with Crippen LogP contribution in [-0.4, -0.2) is 32.5 Å². The molecule has 0 spiro atoms. The molecular formula is C21H19F3N4O. The summed E-state index contributed by atoms with van der Waals surface area (Å²) in [7, 11) is 0. The first-order chi connectivity index (χ1) is 13.9. The minimum absolute atomic E-state index is 0.111. The highest BCUT2D eigenvalue weighted by atomic mass is 19.4. The fourth-order valence-electron chi connectivity index (χ4n) is 3.65. The molecule has 8 heteroatoms. The maximum absolute atomic E-state index is 12.7. The number of pyridine rings is 1. The molecule has 4 rings (SSSR count). The van der Waals surface area contributed by atoms with Crippen LogP contribution in [0.3, 0.4) is 0 Å². The molecule has 1 aromatic carbocycles. The van der Waals surface area contributed by atoms with E-state index in [1.807, 2.05) is 18.2 Å². The summed E-state index contributed by atoms with van der Waals surface area (Å²) < 4.78 is 38.2. The number of alkyl halides is 3. The third kappa shape index (κ3) is 4.16. The van der Waals surface area contributed by atoms with Gasteiger partial charge in [-0.05, 0) is 48.7 Å². The lowest BCUT2D eigenvalue weighted by Crippen LogP contribution is -2.31. The summed E-state index contributed by atoms with van der Waals surface area (Å²) in [6, 6.07) is 12.2. The van der Waals surface area contributed by atoms with Gasteiger partial charge >= 0.3 is 6.18 Å². The van der Waals surface area contributed by atoms with Gasteiger partial charge < -0.3 is 4.90 Å². The fourth-order valence-corrected chi connectivity index (χ4v) is 3.65. The maximum atomic E-state index is 12.7. The van der Waals surface area contributed by atoms with E-state index >= 15 is 0 Å². The van der Waals surface area contributed by atoms with Crippen LogP contribution >= 0.6 is 0 Å². The van der Waals surface area contributed by atoms with Crippen LogP contribution in [0.2, 0.25) is 0 Å². The van der Waals surface area contributed by atoms with Crippen molar-refractivity contribution in [1.82, 2.24) is 20.1 Å². The number of carbonyl (C=O) groups excluding carboxylic acids is 1. The van der Waals surface area contributed by atoms with Crippen molar-refractivity contribution >= 4 is 5.91 Å². The highest BCUT2D eigenvalue weighted by molar-refractivity contribution is 5.92. The molecule has 1 N–H and O–H groups in total. The van der Waals surface area contributed by atoms with E-state index in [1.54, 1.807) is 17.2 Å². The topological polar surface area (TPSA) is 61.9 Å². The van der Waals surface area contributed by atoms with Crippen molar-refractivity contribution in [3.05, 3.63) is 82.9 Å². The Morgan fingerprint density at radius 3 is 2.62 bits per heavy atom. The normalized spacial score (nSPS) is 16.9. The zero-order chi connectivity index (χ0) is 20.4. The lowest BCUT2D eigenvalue weighted by molar-refractivity contribution is -0.137. The van der Waals surface area contributed by atoms with Crippen molar-refractivity contribution in [2.24, 2.45) is 0 Å². The van der Waals surface area contributed by atoms with E-state index in [-0.39, 0.29) is 11.9 Å². The molecule has 2 aromatic heterocycles. The predicted molar refractivity (Wildman–Crippen MR) is 100 cm³/mol. The summed E-state index contributed by atoms with van der Waals surface area (Å²) in [5.41, 5.74) is 2.07. The molecule has 3 aromatic rings. The van der Waals surface area contributed by atoms with E-state index in [9.17, 15) is 18.0 Å². The molecule has 29 heavy (non-hydrogen) atoms. The first-order valence-electron chi connectivity index (χ1n) is 9.34. The quantitative estimate of drug-likeness (QED) is 0.707. The maximum Gasteiger partial charge on any atom is 0.416 e. The minimum atomic E-state index is -4.34. The first-order valence-corrected chi connectivity index (χ1v) is 9.34. The second kappa shape index (κ2) is 7.69. The Hall–Kier alpha value is -3.16. The highest BCUT2D eigenvalue weighted by Crippen LogP contribution is 2.32. The van der Waals surface area contributed by atoms with Gasteiger partial charge in [0.1, 0.15) is 5.69 Å². The Kier molecular flexibility index (Phi) is 5.08. The van der Waals surface area contributed by atoms with E-state index in [0.717, 1.165) is 41.9 Å². The third-order valence-corrected chi connectivity index (χ3v) is 5.08. The molecule has 0 saturated carbocycles. The van der Waals surface area contributed by atoms with E-state index < -0.39 is 11.7 Å². The van der Waals surface area contributed by atoms with Crippen LogP contribution in [0.5, 0.6) is 0 Å². The Bertz CT molecular complexity index is 984. The monoisotopic (exact) mass is 400 g/mol. The minimum Gasteiger partial charge on any atom is -0.329 e. The summed E-state index contributed by atoms with van der Waals surface area (Å²) in [4.78, 5) is 19.2. The summed E-state index contributed by atoms with van der Waals surface area (Å²) in [5.74, 6) is -0.111. The molecular weight excluding hydrogens is 381 g/mol. The largest absolute Gasteiger partial charge is 0.416 e. The van der Waals surface area contributed by atoms with Crippen LogP contribution in [0.1, 0.15) is 51.9 Å². The first kappa shape index (κ1) is 19.2. The van der Waals surface area contributed by atoms with Crippen molar-refractivity contribution in [1.29, 1.82) is 0 Å². The lowest BCUT2D eigenvalue weighted by Gasteiger charge is -2.24. The number of H-pyrrole nitrogens is 1. The highest BCUT2D eigenvalue weighted by Gasteiger charge is 2.32. The van der Waals surface area contributed by atoms with Crippen LogP contribution < -0.4 is 0 Å². The smallest absolute Gasteiger partial charge is 0.329 e. The number of aromatic amines is 1. The summed E-state index contributed by atoms with van der Waals surface area (Å²) in [6.07, 6.45) is -0.676. The Labute approximate surface area is 165 Å². The van der Waals surface area contributed by atoms with Gasteiger partial charge in [-0.2, -0.15) is 18.3 Å². The fraction of sp³-hybridized carbons (Fsp3) is 0.286. The van der Waals surface area contributed by atoms with E-state index in [2.05, 4.69) is 10.2 Å². The predicted octanol–water partition coefficient (Wildman–Crippen LogP) is 4.39. The molecule has 1 atom stereocenters. The van der Waals surface area contributed by atoms with Gasteiger partial charge in [0.05, 0.1) is 17.3 Å². The lowest BCUT2D eigenvalue weighted by atomic mass is 10.1. The molecule has 1 amide bonds. The molecule has 3 heterocycles. The van der Waals surface area contributed by atoms with Gasteiger partial charge in [-0.15, -0.1) is 0 Å². The number of benzene rings is 1. The number of nitrogens with zero attached hydrogens (tertiary/aromatic N) is 3. The number of hydrogen-bond acceptors (Lipinski definition) is 3. The van der Waals surface area contributed by atoms with Crippen molar-refractivity contribution in [3.8, 4) is 0 Å². The number of aromatic nitrogens is 3. The number of rotatable bonds is 4. The summed E-state index contributed by atoms with van der Waals surface area (Å²) in [5, 5.41) is 6.54. The SMILES string of the molecule is O=C(c1ccn[nH]1)N1CCC[C@H]1c1cccc(Cc2ccc(C(F)(F)F)cc2)n1. The van der Waals surface area contributed by atoms with Crippen LogP contribution in [0.25, 0.3) is 0 Å². The van der Waals surface area contributed by atoms with Gasteiger partial charge in [0.25, 0.3) is 5.91 Å². The summed E-state index contributed by atoms with van der Waals surface area (Å²) >= 11 is 0. The molecule has 5 nitrogen and oxygen atoms in total. The Balaban J connectivity index is 1.52. The molecule has 1 aliphatic heterocycles. The molecule has 0 unspecified atom stereocenters. The van der Waals surface area contributed by atoms with Crippen LogP contribution in [0.15, 0.2) is 54.7 Å². The Morgan fingerprint density at radius 2 is 1.93 bits per heavy atom. The molecule has 0 radical (unpaired) electrons. The van der Waals surface area contributed by atoms with E-state index in [4.69, 9.17) is 4.98 Å². The zero-order valence-corrected chi connectivity index (χ0v) is 15.5. The molecule has 0 aliphatic carbocycles. The van der Waals surface area contributed by atoms with Crippen molar-refractivity contribution in [3.63, 3.8) is 0 Å². The third-order valence-electron chi connectivity index (χ3n) is 5.08. The standard InChI is InChI=1S/C21H19F3N4O/c22-21(23,24)15-8-6-14(7-9-15)13-16-3-1-4-17(26-16)19-5-2-12-28(19)20(29)18-10-11-25-27-18/h1,3-4,6-11,19H,2,5,12-13H2,(H,25,27)/t19-/m0/s1. The van der Waals surface area contributed by atoms with Gasteiger partial charge in [-0.1, -0.05) is 18.2 Å². The zero-order valence-electron chi connectivity index (χ0n) is 15.5. The van der Waals surface area contributed by atoms with Crippen LogP contribution in [0.4, 0.5) is 13.2 Å². The molecule has 1 aliphatic rings. The van der Waals surface area contributed by atoms with Gasteiger partial charge in [0, 0.05) is 24.9 Å². The van der Waals surface area contributed by atoms with Gasteiger partial charge in [-0.25, -0.2) is 0 Å². The van der Waals surface area contributed by atoms with E-state index in [1.165, 1.54) is 12.1 Å². The van der Waals surface area contributed by atoms with Gasteiger partial charge in [-0.3, -0.25) is 14.9 Å². The van der Waals surface area contributed by atoms with Gasteiger partial charge in [0.2, 0.25) is 0 Å². The second-order valence-corrected chi connectivity index (χ2v) is 7.05. The molecule has 1 saturated heterocycles. The average Bonchev–Trinajstić information content (AvgIpc) is 3.40. The number of halogens is 3. The van der Waals surface area contributed by atoms with Crippen molar-refractivity contribution in [2.45, 2.75) is 31.5 Å². The van der Waals surface area contributed by atoms with Gasteiger partial charge in [0.15, 0.2) is 0 Å². The average molecular weight is 400 g/mol. The number of likely N-dealkylation sites (tertiary alicyclic amines) is 1. The summed E-state index contributed by atoms with van der Waals surface area (Å²) in [6.45, 7) is 0.646. The molecule has 0 bridgehead atoms. The number of amides is 1. The number of hydrogen-bond donors (Lipinski definition) is 1. The molecule has 1 fully saturated rings. The number of carbonyl (C=O) groups is 1. The number of nitrogens with one attached hydrogen (secondary N) is 1. The van der Waals surface area contributed by atoms with Crippen LogP contribution in [-0.2, 0) is 12.6 Å². The van der Waals surface area contributed by atoms with Crippen molar-refractivity contribution in [2.75, 3.05) is 6.54 Å². The Morgan fingerprint density at radius 1 is 1.14 bits per heavy atom. The second-order valence-electron chi connectivity index (χ2n) is 7.05. The van der Waals surface area contributed by atoms with Crippen molar-refractivity contribution < 1.29 is 18.0 Å². The van der Waals surface area contributed by atoms with E-state index in [0.29, 0.717) is 18.7 Å².